The van der Waals surface area contributed by atoms with Crippen LogP contribution in [0, 0.1) is 6.92 Å². The van der Waals surface area contributed by atoms with Crippen molar-refractivity contribution in [1.29, 1.82) is 0 Å². The van der Waals surface area contributed by atoms with E-state index in [2.05, 4.69) is 20.3 Å². The maximum Gasteiger partial charge on any atom is 0.288 e. The zero-order chi connectivity index (χ0) is 20.4. The van der Waals surface area contributed by atoms with E-state index in [4.69, 9.17) is 21.8 Å². The van der Waals surface area contributed by atoms with Gasteiger partial charge in [-0.3, -0.25) is 9.78 Å². The Kier molecular flexibility index (Phi) is 5.14. The van der Waals surface area contributed by atoms with E-state index in [0.717, 1.165) is 27.7 Å². The largest absolute Gasteiger partial charge is 0.435 e. The third-order valence-corrected chi connectivity index (χ3v) is 4.71. The lowest BCUT2D eigenvalue weighted by molar-refractivity contribution is 0.0921. The molecule has 4 rings (SSSR count). The number of carbonyl (C=O) groups excluding carboxylic acids is 1. The number of nitrogens with zero attached hydrogens (tertiary/aromatic N) is 3. The van der Waals surface area contributed by atoms with Gasteiger partial charge in [0.15, 0.2) is 5.89 Å². The van der Waals surface area contributed by atoms with Gasteiger partial charge >= 0.3 is 0 Å². The Balaban J connectivity index is 1.43. The number of nitrogens with two attached hydrogens (primary N) is 1. The van der Waals surface area contributed by atoms with Gasteiger partial charge in [0.1, 0.15) is 5.82 Å². The maximum atomic E-state index is 12.4. The van der Waals surface area contributed by atoms with E-state index in [1.165, 1.54) is 6.20 Å². The van der Waals surface area contributed by atoms with E-state index < -0.39 is 0 Å². The first kappa shape index (κ1) is 18.9. The third-order valence-electron chi connectivity index (χ3n) is 4.50. The standard InChI is InChI=1S/C21H18ClN5O2/c1-12-14(3-5-19(23)27-12)9-26-21(28)18-11-25-20(29-18)7-13-2-4-17-15(6-13)8-16(22)10-24-17/h2-6,8,10-11H,7,9H2,1H3,(H2,23,27)(H,26,28). The normalized spacial score (nSPS) is 11.0. The fraction of sp³-hybridized carbons (Fsp3) is 0.143. The predicted octanol–water partition coefficient (Wildman–Crippen LogP) is 3.68. The molecule has 4 aromatic rings. The Bertz CT molecular complexity index is 1200. The van der Waals surface area contributed by atoms with Gasteiger partial charge in [0.2, 0.25) is 5.76 Å². The molecule has 0 saturated heterocycles. The van der Waals surface area contributed by atoms with Gasteiger partial charge in [-0.05, 0) is 42.3 Å². The first-order valence-electron chi connectivity index (χ1n) is 8.97. The van der Waals surface area contributed by atoms with Gasteiger partial charge < -0.3 is 15.5 Å². The van der Waals surface area contributed by atoms with Gasteiger partial charge in [-0.1, -0.05) is 23.7 Å². The number of hydrogen-bond acceptors (Lipinski definition) is 6. The van der Waals surface area contributed by atoms with Crippen molar-refractivity contribution < 1.29 is 9.21 Å². The highest BCUT2D eigenvalue weighted by atomic mass is 35.5. The van der Waals surface area contributed by atoms with Gasteiger partial charge in [0.25, 0.3) is 5.91 Å². The van der Waals surface area contributed by atoms with Gasteiger partial charge in [-0.2, -0.15) is 0 Å². The van der Waals surface area contributed by atoms with Crippen molar-refractivity contribution in [3.05, 3.63) is 82.3 Å². The average Bonchev–Trinajstić information content (AvgIpc) is 3.15. The second-order valence-electron chi connectivity index (χ2n) is 6.64. The SMILES string of the molecule is Cc1nc(N)ccc1CNC(=O)c1cnc(Cc2ccc3ncc(Cl)cc3c2)o1. The fourth-order valence-electron chi connectivity index (χ4n) is 2.99. The molecule has 0 atom stereocenters. The monoisotopic (exact) mass is 407 g/mol. The first-order valence-corrected chi connectivity index (χ1v) is 9.35. The van der Waals surface area contributed by atoms with Crippen molar-refractivity contribution in [2.24, 2.45) is 0 Å². The number of hydrogen-bond donors (Lipinski definition) is 2. The van der Waals surface area contributed by atoms with Gasteiger partial charge in [0.05, 0.1) is 16.7 Å². The molecule has 0 saturated carbocycles. The van der Waals surface area contributed by atoms with Gasteiger partial charge in [0, 0.05) is 30.2 Å². The van der Waals surface area contributed by atoms with Crippen molar-refractivity contribution in [3.63, 3.8) is 0 Å². The highest BCUT2D eigenvalue weighted by Gasteiger charge is 2.13. The highest BCUT2D eigenvalue weighted by molar-refractivity contribution is 6.31. The highest BCUT2D eigenvalue weighted by Crippen LogP contribution is 2.20. The van der Waals surface area contributed by atoms with Crippen LogP contribution in [0.3, 0.4) is 0 Å². The lowest BCUT2D eigenvalue weighted by Crippen LogP contribution is -2.23. The number of nitrogen functional groups attached to an aromatic ring is 1. The molecule has 7 nitrogen and oxygen atoms in total. The van der Waals surface area contributed by atoms with Crippen LogP contribution in [0.15, 0.2) is 53.2 Å². The molecule has 0 fully saturated rings. The summed E-state index contributed by atoms with van der Waals surface area (Å²) in [6, 6.07) is 11.2. The molecule has 1 aromatic carbocycles. The minimum absolute atomic E-state index is 0.159. The Morgan fingerprint density at radius 1 is 1.17 bits per heavy atom. The number of aromatic nitrogens is 3. The minimum Gasteiger partial charge on any atom is -0.435 e. The van der Waals surface area contributed by atoms with Crippen LogP contribution in [-0.4, -0.2) is 20.9 Å². The van der Waals surface area contributed by atoms with E-state index in [9.17, 15) is 4.79 Å². The number of benzene rings is 1. The summed E-state index contributed by atoms with van der Waals surface area (Å²) in [4.78, 5) is 25.0. The van der Waals surface area contributed by atoms with Crippen LogP contribution in [0.4, 0.5) is 5.82 Å². The van der Waals surface area contributed by atoms with E-state index in [1.54, 1.807) is 12.3 Å². The smallest absolute Gasteiger partial charge is 0.288 e. The zero-order valence-corrected chi connectivity index (χ0v) is 16.4. The molecule has 0 aliphatic carbocycles. The molecule has 0 bridgehead atoms. The van der Waals surface area contributed by atoms with E-state index >= 15 is 0 Å². The summed E-state index contributed by atoms with van der Waals surface area (Å²) in [6.45, 7) is 2.17. The summed E-state index contributed by atoms with van der Waals surface area (Å²) < 4.78 is 5.62. The molecule has 0 spiro atoms. The van der Waals surface area contributed by atoms with Crippen LogP contribution in [0.25, 0.3) is 10.9 Å². The minimum atomic E-state index is -0.338. The summed E-state index contributed by atoms with van der Waals surface area (Å²) in [7, 11) is 0. The molecule has 3 heterocycles. The number of oxazole rings is 1. The van der Waals surface area contributed by atoms with Crippen LogP contribution in [0.5, 0.6) is 0 Å². The summed E-state index contributed by atoms with van der Waals surface area (Å²) in [5, 5.41) is 4.32. The Morgan fingerprint density at radius 3 is 2.86 bits per heavy atom. The molecule has 0 unspecified atom stereocenters. The van der Waals surface area contributed by atoms with E-state index in [0.29, 0.717) is 29.7 Å². The average molecular weight is 408 g/mol. The van der Waals surface area contributed by atoms with Crippen LogP contribution in [-0.2, 0) is 13.0 Å². The number of rotatable bonds is 5. The fourth-order valence-corrected chi connectivity index (χ4v) is 3.16. The van der Waals surface area contributed by atoms with Crippen molar-refractivity contribution >= 4 is 34.2 Å². The molecule has 3 aromatic heterocycles. The topological polar surface area (TPSA) is 107 Å². The Hall–Kier alpha value is -3.45. The van der Waals surface area contributed by atoms with Crippen molar-refractivity contribution in [3.8, 4) is 0 Å². The maximum absolute atomic E-state index is 12.4. The summed E-state index contributed by atoms with van der Waals surface area (Å²) in [5.41, 5.74) is 9.15. The Labute approximate surface area is 171 Å². The molecular weight excluding hydrogens is 390 g/mol. The number of fused-ring (bicyclic) bond motifs is 1. The molecule has 0 aliphatic rings. The molecule has 29 heavy (non-hydrogen) atoms. The van der Waals surface area contributed by atoms with Crippen molar-refractivity contribution in [2.75, 3.05) is 5.73 Å². The van der Waals surface area contributed by atoms with Crippen molar-refractivity contribution in [2.45, 2.75) is 19.9 Å². The lowest BCUT2D eigenvalue weighted by atomic mass is 10.1. The van der Waals surface area contributed by atoms with Crippen molar-refractivity contribution in [1.82, 2.24) is 20.3 Å². The van der Waals surface area contributed by atoms with E-state index in [-0.39, 0.29) is 11.7 Å². The van der Waals surface area contributed by atoms with Crippen LogP contribution in [0.1, 0.15) is 33.3 Å². The predicted molar refractivity (Wildman–Crippen MR) is 111 cm³/mol. The molecular formula is C21H18ClN5O2. The molecule has 0 aliphatic heterocycles. The number of anilines is 1. The molecule has 3 N–H and O–H groups in total. The summed E-state index contributed by atoms with van der Waals surface area (Å²) >= 11 is 6.01. The molecule has 0 radical (unpaired) electrons. The molecule has 146 valence electrons. The summed E-state index contributed by atoms with van der Waals surface area (Å²) in [6.07, 6.45) is 3.50. The van der Waals surface area contributed by atoms with E-state index in [1.807, 2.05) is 37.3 Å². The lowest BCUT2D eigenvalue weighted by Gasteiger charge is -2.06. The quantitative estimate of drug-likeness (QED) is 0.522. The molecule has 1 amide bonds. The third kappa shape index (κ3) is 4.35. The number of nitrogens with one attached hydrogen (secondary N) is 1. The van der Waals surface area contributed by atoms with Gasteiger partial charge in [-0.25, -0.2) is 9.97 Å². The second kappa shape index (κ2) is 7.89. The Morgan fingerprint density at radius 2 is 2.03 bits per heavy atom. The summed E-state index contributed by atoms with van der Waals surface area (Å²) in [5.74, 6) is 0.722. The first-order chi connectivity index (χ1) is 14.0. The van der Waals surface area contributed by atoms with Crippen LogP contribution in [0.2, 0.25) is 5.02 Å². The van der Waals surface area contributed by atoms with Crippen LogP contribution >= 0.6 is 11.6 Å². The second-order valence-corrected chi connectivity index (χ2v) is 7.08. The number of halogens is 1. The zero-order valence-electron chi connectivity index (χ0n) is 15.6. The number of aryl methyl sites for hydroxylation is 1. The molecule has 8 heteroatoms. The number of amides is 1. The number of carbonyl (C=O) groups is 1. The van der Waals surface area contributed by atoms with Gasteiger partial charge in [-0.15, -0.1) is 0 Å². The number of pyridine rings is 2. The van der Waals surface area contributed by atoms with Crippen LogP contribution < -0.4 is 11.1 Å².